The molecule has 2 N–H and O–H groups in total. The summed E-state index contributed by atoms with van der Waals surface area (Å²) in [5, 5.41) is 0. The number of carbonyl (C=O) groups excluding carboxylic acids is 1. The maximum Gasteiger partial charge on any atom is 0.416 e. The highest BCUT2D eigenvalue weighted by atomic mass is 79.9. The fourth-order valence-electron chi connectivity index (χ4n) is 3.92. The van der Waals surface area contributed by atoms with Crippen molar-refractivity contribution in [2.24, 2.45) is 0 Å². The smallest absolute Gasteiger partial charge is 0.368 e. The van der Waals surface area contributed by atoms with Crippen LogP contribution in [0.15, 0.2) is 53.0 Å². The van der Waals surface area contributed by atoms with E-state index in [0.29, 0.717) is 38.3 Å². The van der Waals surface area contributed by atoms with E-state index in [1.54, 1.807) is 11.0 Å². The Balaban J connectivity index is 1.33. The van der Waals surface area contributed by atoms with E-state index in [9.17, 15) is 18.0 Å². The number of alkyl halides is 3. The Morgan fingerprint density at radius 3 is 2.37 bits per heavy atom. The molecular weight excluding hydrogens is 461 g/mol. The Kier molecular flexibility index (Phi) is 6.04. The highest BCUT2D eigenvalue weighted by Gasteiger charge is 2.35. The minimum Gasteiger partial charge on any atom is -0.368 e. The Labute approximate surface area is 181 Å². The molecule has 2 saturated heterocycles. The van der Waals surface area contributed by atoms with E-state index >= 15 is 0 Å². The molecule has 0 saturated carbocycles. The van der Waals surface area contributed by atoms with Crippen molar-refractivity contribution in [3.8, 4) is 0 Å². The summed E-state index contributed by atoms with van der Waals surface area (Å²) >= 11 is 3.42. The zero-order valence-corrected chi connectivity index (χ0v) is 17.7. The molecule has 4 rings (SSSR count). The molecule has 5 nitrogen and oxygen atoms in total. The quantitative estimate of drug-likeness (QED) is 0.699. The van der Waals surface area contributed by atoms with Gasteiger partial charge in [-0.15, -0.1) is 0 Å². The topological polar surface area (TPSA) is 47.6 Å². The van der Waals surface area contributed by atoms with Crippen LogP contribution in [0.3, 0.4) is 0 Å². The molecule has 2 atom stereocenters. The number of anilines is 1. The van der Waals surface area contributed by atoms with Gasteiger partial charge in [0.25, 0.3) is 0 Å². The fraction of sp³-hybridized carbons (Fsp3) is 0.381. The second-order valence-corrected chi connectivity index (χ2v) is 8.46. The minimum atomic E-state index is -4.36. The monoisotopic (exact) mass is 482 g/mol. The summed E-state index contributed by atoms with van der Waals surface area (Å²) in [6.45, 7) is 1.97. The molecule has 2 heterocycles. The maximum absolute atomic E-state index is 13.0. The van der Waals surface area contributed by atoms with Gasteiger partial charge in [0.05, 0.1) is 5.56 Å². The summed E-state index contributed by atoms with van der Waals surface area (Å²) < 4.78 is 39.9. The van der Waals surface area contributed by atoms with E-state index in [4.69, 9.17) is 0 Å². The van der Waals surface area contributed by atoms with Crippen LogP contribution in [0.4, 0.5) is 18.9 Å². The van der Waals surface area contributed by atoms with Crippen molar-refractivity contribution in [2.75, 3.05) is 31.1 Å². The average Bonchev–Trinajstić information content (AvgIpc) is 3.24. The number of nitrogens with zero attached hydrogens (tertiary/aromatic N) is 2. The van der Waals surface area contributed by atoms with Gasteiger partial charge in [0, 0.05) is 42.4 Å². The van der Waals surface area contributed by atoms with Crippen molar-refractivity contribution < 1.29 is 18.0 Å². The molecular formula is C21H22BrF3N4O. The molecule has 30 heavy (non-hydrogen) atoms. The highest BCUT2D eigenvalue weighted by molar-refractivity contribution is 9.10. The third-order valence-corrected chi connectivity index (χ3v) is 6.13. The van der Waals surface area contributed by atoms with Crippen LogP contribution in [0.2, 0.25) is 0 Å². The molecule has 1 amide bonds. The van der Waals surface area contributed by atoms with Crippen molar-refractivity contribution in [2.45, 2.75) is 24.7 Å². The maximum atomic E-state index is 13.0. The van der Waals surface area contributed by atoms with Gasteiger partial charge in [0.1, 0.15) is 6.04 Å². The summed E-state index contributed by atoms with van der Waals surface area (Å²) in [5.41, 5.74) is 7.27. The van der Waals surface area contributed by atoms with E-state index in [2.05, 4.69) is 26.8 Å². The number of piperazine rings is 1. The van der Waals surface area contributed by atoms with Crippen LogP contribution in [0.25, 0.3) is 0 Å². The van der Waals surface area contributed by atoms with Crippen LogP contribution in [-0.2, 0) is 11.0 Å². The molecule has 2 aromatic rings. The molecule has 0 spiro atoms. The summed E-state index contributed by atoms with van der Waals surface area (Å²) in [6, 6.07) is 13.1. The van der Waals surface area contributed by atoms with Crippen LogP contribution in [0.1, 0.15) is 23.6 Å². The van der Waals surface area contributed by atoms with Gasteiger partial charge in [0.2, 0.25) is 5.91 Å². The molecule has 2 aromatic carbocycles. The van der Waals surface area contributed by atoms with Gasteiger partial charge in [-0.25, -0.2) is 10.9 Å². The van der Waals surface area contributed by atoms with Gasteiger partial charge in [0.15, 0.2) is 0 Å². The Hall–Kier alpha value is -2.10. The first-order valence-electron chi connectivity index (χ1n) is 9.79. The van der Waals surface area contributed by atoms with Gasteiger partial charge in [-0.3, -0.25) is 4.79 Å². The Morgan fingerprint density at radius 1 is 1.00 bits per heavy atom. The molecule has 2 fully saturated rings. The summed E-state index contributed by atoms with van der Waals surface area (Å²) in [5.74, 6) is 0.0193. The van der Waals surface area contributed by atoms with Gasteiger partial charge in [-0.05, 0) is 42.3 Å². The van der Waals surface area contributed by atoms with Crippen molar-refractivity contribution in [3.63, 3.8) is 0 Å². The standard InChI is InChI=1S/C21H22BrF3N4O/c22-16-6-4-14(5-7-16)18-13-19(27-26-18)20(30)29-10-8-28(9-11-29)17-3-1-2-15(12-17)21(23,24)25/h1-7,12,18-19,26-27H,8-11,13H2. The van der Waals surface area contributed by atoms with E-state index in [0.717, 1.165) is 16.1 Å². The number of benzene rings is 2. The Morgan fingerprint density at radius 2 is 1.70 bits per heavy atom. The average molecular weight is 483 g/mol. The second kappa shape index (κ2) is 8.56. The van der Waals surface area contributed by atoms with E-state index in [1.807, 2.05) is 29.2 Å². The largest absolute Gasteiger partial charge is 0.416 e. The number of hydrogen-bond acceptors (Lipinski definition) is 4. The second-order valence-electron chi connectivity index (χ2n) is 7.54. The predicted molar refractivity (Wildman–Crippen MR) is 112 cm³/mol. The lowest BCUT2D eigenvalue weighted by atomic mass is 10.0. The van der Waals surface area contributed by atoms with E-state index in [1.165, 1.54) is 12.1 Å². The van der Waals surface area contributed by atoms with Gasteiger partial charge in [-0.1, -0.05) is 34.1 Å². The minimum absolute atomic E-state index is 0.0193. The van der Waals surface area contributed by atoms with Crippen LogP contribution in [-0.4, -0.2) is 43.0 Å². The van der Waals surface area contributed by atoms with Crippen LogP contribution in [0, 0.1) is 0 Å². The number of carbonyl (C=O) groups is 1. The summed E-state index contributed by atoms with van der Waals surface area (Å²) in [7, 11) is 0. The first kappa shape index (κ1) is 21.1. The lowest BCUT2D eigenvalue weighted by Crippen LogP contribution is -2.53. The van der Waals surface area contributed by atoms with Crippen molar-refractivity contribution >= 4 is 27.5 Å². The first-order valence-corrected chi connectivity index (χ1v) is 10.6. The number of hydrogen-bond donors (Lipinski definition) is 2. The van der Waals surface area contributed by atoms with Crippen molar-refractivity contribution in [3.05, 3.63) is 64.1 Å². The molecule has 160 valence electrons. The zero-order valence-electron chi connectivity index (χ0n) is 16.1. The van der Waals surface area contributed by atoms with Gasteiger partial charge < -0.3 is 9.80 Å². The SMILES string of the molecule is O=C(C1CC(c2ccc(Br)cc2)NN1)N1CCN(c2cccc(C(F)(F)F)c2)CC1. The number of amides is 1. The van der Waals surface area contributed by atoms with Crippen LogP contribution < -0.4 is 15.8 Å². The molecule has 2 aliphatic rings. The van der Waals surface area contributed by atoms with Gasteiger partial charge in [-0.2, -0.15) is 13.2 Å². The number of halogens is 4. The third-order valence-electron chi connectivity index (χ3n) is 5.60. The third kappa shape index (κ3) is 4.63. The van der Waals surface area contributed by atoms with E-state index in [-0.39, 0.29) is 18.0 Å². The molecule has 2 unspecified atom stereocenters. The number of rotatable bonds is 3. The number of nitrogens with one attached hydrogen (secondary N) is 2. The van der Waals surface area contributed by atoms with Crippen LogP contribution >= 0.6 is 15.9 Å². The fourth-order valence-corrected chi connectivity index (χ4v) is 4.18. The number of hydrazine groups is 1. The lowest BCUT2D eigenvalue weighted by Gasteiger charge is -2.37. The van der Waals surface area contributed by atoms with Crippen molar-refractivity contribution in [1.29, 1.82) is 0 Å². The Bertz CT molecular complexity index is 898. The molecule has 0 aromatic heterocycles. The van der Waals surface area contributed by atoms with Crippen LogP contribution in [0.5, 0.6) is 0 Å². The summed E-state index contributed by atoms with van der Waals surface area (Å²) in [4.78, 5) is 16.6. The molecule has 2 aliphatic heterocycles. The predicted octanol–water partition coefficient (Wildman–Crippen LogP) is 3.72. The lowest BCUT2D eigenvalue weighted by molar-refractivity contribution is -0.137. The van der Waals surface area contributed by atoms with Crippen molar-refractivity contribution in [1.82, 2.24) is 15.8 Å². The molecule has 9 heteroatoms. The molecule has 0 bridgehead atoms. The zero-order chi connectivity index (χ0) is 21.3. The molecule has 0 radical (unpaired) electrons. The normalized spacial score (nSPS) is 22.4. The molecule has 0 aliphatic carbocycles. The first-order chi connectivity index (χ1) is 14.3. The van der Waals surface area contributed by atoms with Gasteiger partial charge >= 0.3 is 6.18 Å². The highest BCUT2D eigenvalue weighted by Crippen LogP contribution is 2.32. The van der Waals surface area contributed by atoms with E-state index < -0.39 is 11.7 Å². The summed E-state index contributed by atoms with van der Waals surface area (Å²) in [6.07, 6.45) is -3.71.